The first-order chi connectivity index (χ1) is 16.0. The van der Waals surface area contributed by atoms with Crippen LogP contribution < -0.4 is 9.47 Å². The topological polar surface area (TPSA) is 134 Å². The van der Waals surface area contributed by atoms with Gasteiger partial charge in [-0.1, -0.05) is 24.3 Å². The molecule has 0 amide bonds. The van der Waals surface area contributed by atoms with Gasteiger partial charge in [-0.25, -0.2) is 0 Å². The minimum absolute atomic E-state index is 0.0896. The number of ether oxygens (including phenoxy) is 3. The average molecular weight is 459 g/mol. The molecular weight excluding hydrogens is 430 g/mol. The van der Waals surface area contributed by atoms with E-state index in [1.54, 1.807) is 6.07 Å². The fraction of sp³-hybridized carbons (Fsp3) is 0.417. The van der Waals surface area contributed by atoms with Crippen LogP contribution in [0.4, 0.5) is 0 Å². The molecule has 4 rings (SSSR count). The molecule has 1 aliphatic heterocycles. The van der Waals surface area contributed by atoms with Gasteiger partial charge in [-0.2, -0.15) is 0 Å². The smallest absolute Gasteiger partial charge is 0.229 e. The molecule has 9 heteroatoms. The van der Waals surface area contributed by atoms with Gasteiger partial charge in [0.15, 0.2) is 0 Å². The lowest BCUT2D eigenvalue weighted by molar-refractivity contribution is -0.277. The number of aliphatic hydroxyl groups is 5. The predicted molar refractivity (Wildman–Crippen MR) is 119 cm³/mol. The maximum atomic E-state index is 10.3. The highest BCUT2D eigenvalue weighted by Gasteiger charge is 2.44. The van der Waals surface area contributed by atoms with E-state index in [4.69, 9.17) is 19.3 Å². The van der Waals surface area contributed by atoms with Crippen molar-refractivity contribution in [1.29, 1.82) is 0 Å². The van der Waals surface area contributed by atoms with Crippen LogP contribution in [0.2, 0.25) is 0 Å². The average Bonchev–Trinajstić information content (AvgIpc) is 3.24. The minimum atomic E-state index is -1.51. The first-order valence-corrected chi connectivity index (χ1v) is 10.9. The van der Waals surface area contributed by atoms with Gasteiger partial charge in [-0.3, -0.25) is 0 Å². The Morgan fingerprint density at radius 3 is 2.42 bits per heavy atom. The lowest BCUT2D eigenvalue weighted by atomic mass is 9.99. The van der Waals surface area contributed by atoms with Crippen LogP contribution in [-0.2, 0) is 11.3 Å². The lowest BCUT2D eigenvalue weighted by Crippen LogP contribution is -2.60. The molecule has 33 heavy (non-hydrogen) atoms. The molecule has 9 nitrogen and oxygen atoms in total. The highest BCUT2D eigenvalue weighted by Crippen LogP contribution is 2.31. The Kier molecular flexibility index (Phi) is 7.49. The maximum Gasteiger partial charge on any atom is 0.229 e. The van der Waals surface area contributed by atoms with E-state index in [1.807, 2.05) is 53.2 Å². The molecule has 3 aromatic rings. The van der Waals surface area contributed by atoms with Gasteiger partial charge in [0.25, 0.3) is 0 Å². The van der Waals surface area contributed by atoms with Gasteiger partial charge in [0.05, 0.1) is 18.7 Å². The molecule has 178 valence electrons. The van der Waals surface area contributed by atoms with Crippen molar-refractivity contribution in [3.05, 3.63) is 60.3 Å². The lowest BCUT2D eigenvalue weighted by Gasteiger charge is -2.39. The fourth-order valence-corrected chi connectivity index (χ4v) is 3.89. The molecule has 0 radical (unpaired) electrons. The van der Waals surface area contributed by atoms with Crippen LogP contribution in [0.25, 0.3) is 10.9 Å². The Hall–Kier alpha value is -2.66. The number of para-hydroxylation sites is 1. The molecule has 5 N–H and O–H groups in total. The van der Waals surface area contributed by atoms with Crippen molar-refractivity contribution in [3.8, 4) is 11.5 Å². The number of nitrogens with zero attached hydrogens (tertiary/aromatic N) is 1. The van der Waals surface area contributed by atoms with Crippen LogP contribution in [0.15, 0.2) is 54.7 Å². The van der Waals surface area contributed by atoms with Crippen molar-refractivity contribution in [1.82, 2.24) is 4.57 Å². The molecular formula is C24H29NO8. The van der Waals surface area contributed by atoms with E-state index in [0.717, 1.165) is 22.2 Å². The zero-order valence-electron chi connectivity index (χ0n) is 18.0. The summed E-state index contributed by atoms with van der Waals surface area (Å²) in [6.07, 6.45) is -4.24. The number of hydrogen-bond donors (Lipinski definition) is 5. The van der Waals surface area contributed by atoms with Crippen LogP contribution in [0, 0.1) is 0 Å². The van der Waals surface area contributed by atoms with Crippen molar-refractivity contribution in [2.75, 3.05) is 19.8 Å². The van der Waals surface area contributed by atoms with E-state index >= 15 is 0 Å². The Morgan fingerprint density at radius 1 is 0.909 bits per heavy atom. The standard InChI is InChI=1S/C24H29NO8/c26-11-2-12-31-17-7-5-15(6-8-17)13-25-10-9-16-3-1-4-18(20(16)25)32-24-23(30)22(29)21(28)19(14-27)33-24/h1,3-10,19,21-24,26-30H,2,11-14H2/t19-,21-,22+,23-,24-/m1/s1. The number of aromatic nitrogens is 1. The summed E-state index contributed by atoms with van der Waals surface area (Å²) in [6.45, 7) is 0.573. The van der Waals surface area contributed by atoms with Crippen LogP contribution in [0.1, 0.15) is 12.0 Å². The third-order valence-electron chi connectivity index (χ3n) is 5.69. The first kappa shape index (κ1) is 23.5. The SMILES string of the molecule is OCCCOc1ccc(Cn2ccc3cccc(O[C@@H]4O[C@H](CO)[C@@H](O)[C@H](O)[C@H]4O)c32)cc1. The molecule has 1 aromatic heterocycles. The Balaban J connectivity index is 1.54. The van der Waals surface area contributed by atoms with Crippen LogP contribution in [0.3, 0.4) is 0 Å². The molecule has 1 fully saturated rings. The monoisotopic (exact) mass is 459 g/mol. The maximum absolute atomic E-state index is 10.3. The summed E-state index contributed by atoms with van der Waals surface area (Å²) in [5, 5.41) is 49.6. The van der Waals surface area contributed by atoms with Crippen molar-refractivity contribution < 1.29 is 39.7 Å². The zero-order valence-corrected chi connectivity index (χ0v) is 18.0. The zero-order chi connectivity index (χ0) is 23.4. The summed E-state index contributed by atoms with van der Waals surface area (Å²) < 4.78 is 19.0. The second kappa shape index (κ2) is 10.5. The fourth-order valence-electron chi connectivity index (χ4n) is 3.89. The molecule has 2 aromatic carbocycles. The summed E-state index contributed by atoms with van der Waals surface area (Å²) in [5.74, 6) is 1.17. The Labute approximate surface area is 191 Å². The molecule has 1 saturated heterocycles. The summed E-state index contributed by atoms with van der Waals surface area (Å²) in [7, 11) is 0. The van der Waals surface area contributed by atoms with Crippen molar-refractivity contribution >= 4 is 10.9 Å². The van der Waals surface area contributed by atoms with Gasteiger partial charge in [0, 0.05) is 31.2 Å². The summed E-state index contributed by atoms with van der Waals surface area (Å²) in [5.41, 5.74) is 1.81. The molecule has 0 unspecified atom stereocenters. The number of aliphatic hydroxyl groups excluding tert-OH is 5. The second-order valence-electron chi connectivity index (χ2n) is 8.02. The van der Waals surface area contributed by atoms with Crippen molar-refractivity contribution in [3.63, 3.8) is 0 Å². The predicted octanol–water partition coefficient (Wildman–Crippen LogP) is 0.629. The third-order valence-corrected chi connectivity index (χ3v) is 5.69. The number of hydrogen-bond acceptors (Lipinski definition) is 8. The molecule has 0 saturated carbocycles. The van der Waals surface area contributed by atoms with E-state index in [9.17, 15) is 20.4 Å². The van der Waals surface area contributed by atoms with Gasteiger partial charge in [0.1, 0.15) is 35.9 Å². The van der Waals surface area contributed by atoms with Crippen LogP contribution in [-0.4, -0.2) is 80.6 Å². The first-order valence-electron chi connectivity index (χ1n) is 10.9. The summed E-state index contributed by atoms with van der Waals surface area (Å²) in [4.78, 5) is 0. The molecule has 0 aliphatic carbocycles. The van der Waals surface area contributed by atoms with E-state index in [-0.39, 0.29) is 6.61 Å². The van der Waals surface area contributed by atoms with E-state index in [0.29, 0.717) is 25.3 Å². The van der Waals surface area contributed by atoms with E-state index < -0.39 is 37.3 Å². The van der Waals surface area contributed by atoms with Crippen molar-refractivity contribution in [2.45, 2.75) is 43.7 Å². The molecule has 1 aliphatic rings. The summed E-state index contributed by atoms with van der Waals surface area (Å²) >= 11 is 0. The minimum Gasteiger partial charge on any atom is -0.494 e. The number of benzene rings is 2. The molecule has 0 bridgehead atoms. The van der Waals surface area contributed by atoms with Gasteiger partial charge in [-0.05, 0) is 29.8 Å². The van der Waals surface area contributed by atoms with E-state index in [1.165, 1.54) is 0 Å². The third kappa shape index (κ3) is 5.14. The van der Waals surface area contributed by atoms with Gasteiger partial charge in [-0.15, -0.1) is 0 Å². The van der Waals surface area contributed by atoms with E-state index in [2.05, 4.69) is 0 Å². The van der Waals surface area contributed by atoms with Gasteiger partial charge in [0.2, 0.25) is 6.29 Å². The highest BCUT2D eigenvalue weighted by atomic mass is 16.7. The van der Waals surface area contributed by atoms with Crippen LogP contribution >= 0.6 is 0 Å². The second-order valence-corrected chi connectivity index (χ2v) is 8.02. The molecule has 5 atom stereocenters. The number of fused-ring (bicyclic) bond motifs is 1. The Bertz CT molecular complexity index is 1030. The van der Waals surface area contributed by atoms with Gasteiger partial charge >= 0.3 is 0 Å². The van der Waals surface area contributed by atoms with Gasteiger partial charge < -0.3 is 44.3 Å². The molecule has 0 spiro atoms. The molecule has 2 heterocycles. The summed E-state index contributed by atoms with van der Waals surface area (Å²) in [6, 6.07) is 15.1. The normalized spacial score (nSPS) is 25.3. The largest absolute Gasteiger partial charge is 0.494 e. The number of rotatable bonds is 9. The van der Waals surface area contributed by atoms with Crippen LogP contribution in [0.5, 0.6) is 11.5 Å². The quantitative estimate of drug-likeness (QED) is 0.294. The Morgan fingerprint density at radius 2 is 1.70 bits per heavy atom. The highest BCUT2D eigenvalue weighted by molar-refractivity contribution is 5.86. The van der Waals surface area contributed by atoms with Crippen molar-refractivity contribution in [2.24, 2.45) is 0 Å².